The number of nitrogens with two attached hydrogens (primary N) is 1. The second-order valence-electron chi connectivity index (χ2n) is 4.49. The van der Waals surface area contributed by atoms with Crippen LogP contribution in [-0.2, 0) is 6.18 Å². The van der Waals surface area contributed by atoms with Gasteiger partial charge < -0.3 is 0 Å². The summed E-state index contributed by atoms with van der Waals surface area (Å²) in [5, 5.41) is 0. The van der Waals surface area contributed by atoms with Gasteiger partial charge in [-0.2, -0.15) is 13.2 Å². The molecule has 2 rings (SSSR count). The summed E-state index contributed by atoms with van der Waals surface area (Å²) in [4.78, 5) is 1.11. The van der Waals surface area contributed by atoms with Gasteiger partial charge in [0.25, 0.3) is 0 Å². The van der Waals surface area contributed by atoms with Gasteiger partial charge in [0.1, 0.15) is 0 Å². The van der Waals surface area contributed by atoms with Crippen LogP contribution in [0.5, 0.6) is 0 Å². The standard InChI is InChI=1S/C15H15F3N2S/c1-21-13-8-4-11(5-9-13)14(20-19)10-2-6-12(7-3-10)15(16,17)18/h2-9,14,20H,19H2,1H3. The third-order valence-corrected chi connectivity index (χ3v) is 3.93. The van der Waals surface area contributed by atoms with Crippen LogP contribution in [0.2, 0.25) is 0 Å². The molecule has 112 valence electrons. The summed E-state index contributed by atoms with van der Waals surface area (Å²) in [6, 6.07) is 12.4. The van der Waals surface area contributed by atoms with Gasteiger partial charge in [-0.15, -0.1) is 11.8 Å². The monoisotopic (exact) mass is 312 g/mol. The van der Waals surface area contributed by atoms with Crippen molar-refractivity contribution < 1.29 is 13.2 Å². The van der Waals surface area contributed by atoms with Crippen LogP contribution < -0.4 is 11.3 Å². The molecule has 0 bridgehead atoms. The third kappa shape index (κ3) is 3.78. The molecular weight excluding hydrogens is 297 g/mol. The maximum absolute atomic E-state index is 12.6. The Bertz CT molecular complexity index is 579. The maximum Gasteiger partial charge on any atom is 0.416 e. The van der Waals surface area contributed by atoms with Crippen molar-refractivity contribution in [3.63, 3.8) is 0 Å². The van der Waals surface area contributed by atoms with Gasteiger partial charge in [0.05, 0.1) is 11.6 Å². The van der Waals surface area contributed by atoms with Gasteiger partial charge in [0.15, 0.2) is 0 Å². The van der Waals surface area contributed by atoms with Crippen molar-refractivity contribution in [3.8, 4) is 0 Å². The summed E-state index contributed by atoms with van der Waals surface area (Å²) < 4.78 is 37.7. The van der Waals surface area contributed by atoms with Crippen LogP contribution in [0.15, 0.2) is 53.4 Å². The van der Waals surface area contributed by atoms with E-state index in [4.69, 9.17) is 5.84 Å². The Morgan fingerprint density at radius 2 is 1.43 bits per heavy atom. The second kappa shape index (κ2) is 6.51. The Kier molecular flexibility index (Phi) is 4.92. The van der Waals surface area contributed by atoms with Gasteiger partial charge in [-0.3, -0.25) is 5.84 Å². The third-order valence-electron chi connectivity index (χ3n) is 3.19. The lowest BCUT2D eigenvalue weighted by Crippen LogP contribution is -2.28. The van der Waals surface area contributed by atoms with E-state index in [9.17, 15) is 13.2 Å². The van der Waals surface area contributed by atoms with E-state index in [-0.39, 0.29) is 6.04 Å². The number of nitrogens with one attached hydrogen (secondary N) is 1. The van der Waals surface area contributed by atoms with Crippen molar-refractivity contribution in [1.29, 1.82) is 0 Å². The predicted octanol–water partition coefficient (Wildman–Crippen LogP) is 3.98. The molecule has 0 heterocycles. The highest BCUT2D eigenvalue weighted by atomic mass is 32.2. The molecule has 0 aliphatic carbocycles. The van der Waals surface area contributed by atoms with Gasteiger partial charge >= 0.3 is 6.18 Å². The zero-order valence-electron chi connectivity index (χ0n) is 11.3. The van der Waals surface area contributed by atoms with Crippen molar-refractivity contribution in [2.45, 2.75) is 17.1 Å². The first-order valence-electron chi connectivity index (χ1n) is 6.23. The first-order valence-corrected chi connectivity index (χ1v) is 7.45. The minimum absolute atomic E-state index is 0.344. The minimum Gasteiger partial charge on any atom is -0.271 e. The van der Waals surface area contributed by atoms with E-state index in [1.807, 2.05) is 30.5 Å². The van der Waals surface area contributed by atoms with Crippen LogP contribution >= 0.6 is 11.8 Å². The topological polar surface area (TPSA) is 38.0 Å². The average molecular weight is 312 g/mol. The van der Waals surface area contributed by atoms with Crippen LogP contribution in [0.4, 0.5) is 13.2 Å². The predicted molar refractivity (Wildman–Crippen MR) is 78.8 cm³/mol. The van der Waals surface area contributed by atoms with E-state index in [0.29, 0.717) is 5.56 Å². The zero-order chi connectivity index (χ0) is 15.5. The van der Waals surface area contributed by atoms with Crippen molar-refractivity contribution in [2.75, 3.05) is 6.26 Å². The maximum atomic E-state index is 12.6. The molecular formula is C15H15F3N2S. The van der Waals surface area contributed by atoms with Crippen molar-refractivity contribution in [3.05, 3.63) is 65.2 Å². The lowest BCUT2D eigenvalue weighted by Gasteiger charge is -2.18. The molecule has 21 heavy (non-hydrogen) atoms. The molecule has 0 aliphatic heterocycles. The van der Waals surface area contributed by atoms with Crippen LogP contribution in [-0.4, -0.2) is 6.26 Å². The fourth-order valence-corrected chi connectivity index (χ4v) is 2.45. The molecule has 0 amide bonds. The van der Waals surface area contributed by atoms with Crippen molar-refractivity contribution in [2.24, 2.45) is 5.84 Å². The molecule has 1 unspecified atom stereocenters. The first-order chi connectivity index (χ1) is 9.95. The number of alkyl halides is 3. The number of benzene rings is 2. The van der Waals surface area contributed by atoms with Crippen LogP contribution in [0.1, 0.15) is 22.7 Å². The summed E-state index contributed by atoms with van der Waals surface area (Å²) in [6.45, 7) is 0. The first kappa shape index (κ1) is 15.9. The van der Waals surface area contributed by atoms with Gasteiger partial charge in [-0.1, -0.05) is 24.3 Å². The summed E-state index contributed by atoms with van der Waals surface area (Å²) in [6.07, 6.45) is -2.35. The SMILES string of the molecule is CSc1ccc(C(NN)c2ccc(C(F)(F)F)cc2)cc1. The Hall–Kier alpha value is -1.50. The molecule has 0 spiro atoms. The van der Waals surface area contributed by atoms with E-state index in [1.165, 1.54) is 12.1 Å². The molecule has 1 atom stereocenters. The van der Waals surface area contributed by atoms with Crippen molar-refractivity contribution >= 4 is 11.8 Å². The minimum atomic E-state index is -4.33. The number of rotatable bonds is 4. The summed E-state index contributed by atoms with van der Waals surface area (Å²) in [7, 11) is 0. The van der Waals surface area contributed by atoms with E-state index in [0.717, 1.165) is 22.6 Å². The van der Waals surface area contributed by atoms with E-state index >= 15 is 0 Å². The number of hydrazine groups is 1. The second-order valence-corrected chi connectivity index (χ2v) is 5.37. The molecule has 2 nitrogen and oxygen atoms in total. The smallest absolute Gasteiger partial charge is 0.271 e. The number of halogens is 3. The quantitative estimate of drug-likeness (QED) is 0.509. The molecule has 0 aliphatic rings. The molecule has 0 fully saturated rings. The average Bonchev–Trinajstić information content (AvgIpc) is 2.48. The van der Waals surface area contributed by atoms with Gasteiger partial charge in [-0.25, -0.2) is 5.43 Å². The molecule has 0 saturated carbocycles. The highest BCUT2D eigenvalue weighted by Crippen LogP contribution is 2.31. The number of hydrogen-bond donors (Lipinski definition) is 2. The van der Waals surface area contributed by atoms with Gasteiger partial charge in [-0.05, 0) is 41.6 Å². The largest absolute Gasteiger partial charge is 0.416 e. The van der Waals surface area contributed by atoms with Gasteiger partial charge in [0.2, 0.25) is 0 Å². The molecule has 2 aromatic rings. The molecule has 3 N–H and O–H groups in total. The summed E-state index contributed by atoms with van der Waals surface area (Å²) in [5.41, 5.74) is 3.56. The van der Waals surface area contributed by atoms with Crippen LogP contribution in [0, 0.1) is 0 Å². The zero-order valence-corrected chi connectivity index (χ0v) is 12.1. The van der Waals surface area contributed by atoms with Crippen molar-refractivity contribution in [1.82, 2.24) is 5.43 Å². The fourth-order valence-electron chi connectivity index (χ4n) is 2.05. The number of hydrogen-bond acceptors (Lipinski definition) is 3. The fraction of sp³-hybridized carbons (Fsp3) is 0.200. The molecule has 2 aromatic carbocycles. The lowest BCUT2D eigenvalue weighted by atomic mass is 9.98. The Morgan fingerprint density at radius 1 is 0.952 bits per heavy atom. The highest BCUT2D eigenvalue weighted by molar-refractivity contribution is 7.98. The van der Waals surface area contributed by atoms with E-state index in [2.05, 4.69) is 5.43 Å². The van der Waals surface area contributed by atoms with E-state index in [1.54, 1.807) is 11.8 Å². The molecule has 0 radical (unpaired) electrons. The molecule has 6 heteroatoms. The van der Waals surface area contributed by atoms with E-state index < -0.39 is 11.7 Å². The Balaban J connectivity index is 2.28. The Morgan fingerprint density at radius 3 is 1.81 bits per heavy atom. The molecule has 0 aromatic heterocycles. The van der Waals surface area contributed by atoms with Crippen LogP contribution in [0.3, 0.4) is 0 Å². The number of thioether (sulfide) groups is 1. The summed E-state index contributed by atoms with van der Waals surface area (Å²) in [5.74, 6) is 5.55. The lowest BCUT2D eigenvalue weighted by molar-refractivity contribution is -0.137. The van der Waals surface area contributed by atoms with Gasteiger partial charge in [0, 0.05) is 4.90 Å². The van der Waals surface area contributed by atoms with Crippen LogP contribution in [0.25, 0.3) is 0 Å². The normalized spacial score (nSPS) is 13.2. The molecule has 0 saturated heterocycles. The summed E-state index contributed by atoms with van der Waals surface area (Å²) >= 11 is 1.62. The highest BCUT2D eigenvalue weighted by Gasteiger charge is 2.30. The Labute approximate surface area is 125 Å².